The monoisotopic (exact) mass is 432 g/mol. The molecule has 2 atom stereocenters. The summed E-state index contributed by atoms with van der Waals surface area (Å²) in [5.41, 5.74) is 1.56. The lowest BCUT2D eigenvalue weighted by molar-refractivity contribution is 0.0866. The number of benzene rings is 1. The van der Waals surface area contributed by atoms with Crippen LogP contribution in [-0.2, 0) is 9.47 Å². The Hall–Kier alpha value is -3.40. The number of halogens is 1. The highest BCUT2D eigenvalue weighted by atomic mass is 19.1. The first kappa shape index (κ1) is 22.3. The Bertz CT molecular complexity index is 924. The van der Waals surface area contributed by atoms with Gasteiger partial charge in [-0.25, -0.2) is 14.0 Å². The zero-order valence-electron chi connectivity index (χ0n) is 17.6. The second-order valence-electron chi connectivity index (χ2n) is 7.15. The van der Waals surface area contributed by atoms with E-state index in [0.717, 1.165) is 5.69 Å². The maximum atomic E-state index is 14.1. The van der Waals surface area contributed by atoms with Crippen molar-refractivity contribution < 1.29 is 28.2 Å². The molecule has 1 aliphatic heterocycles. The zero-order chi connectivity index (χ0) is 22.4. The average molecular weight is 432 g/mol. The number of aromatic nitrogens is 1. The highest BCUT2D eigenvalue weighted by Gasteiger charge is 2.37. The number of carbonyl (C=O) groups excluding carboxylic acids is 2. The maximum Gasteiger partial charge on any atom is 0.409 e. The van der Waals surface area contributed by atoms with Crippen molar-refractivity contribution in [2.45, 2.75) is 25.5 Å². The molecule has 2 heterocycles. The fourth-order valence-electron chi connectivity index (χ4n) is 3.38. The van der Waals surface area contributed by atoms with E-state index in [1.54, 1.807) is 19.2 Å². The van der Waals surface area contributed by atoms with E-state index in [1.807, 2.05) is 6.92 Å². The summed E-state index contributed by atoms with van der Waals surface area (Å²) < 4.78 is 30.0. The number of nitrogens with zero attached hydrogens (tertiary/aromatic N) is 2. The first-order chi connectivity index (χ1) is 14.9. The zero-order valence-corrected chi connectivity index (χ0v) is 17.6. The number of ether oxygens (including phenoxy) is 3. The lowest BCUT2D eigenvalue weighted by atomic mass is 10.2. The quantitative estimate of drug-likeness (QED) is 0.725. The number of urea groups is 1. The largest absolute Gasteiger partial charge is 0.488 e. The number of pyridine rings is 1. The minimum Gasteiger partial charge on any atom is -0.488 e. The number of likely N-dealkylation sites (tertiary alicyclic amines) is 1. The third-order valence-electron chi connectivity index (χ3n) is 4.75. The van der Waals surface area contributed by atoms with Crippen molar-refractivity contribution in [3.8, 4) is 5.75 Å². The number of hydrogen-bond donors (Lipinski definition) is 2. The van der Waals surface area contributed by atoms with E-state index in [-0.39, 0.29) is 30.1 Å². The van der Waals surface area contributed by atoms with Crippen LogP contribution in [0.3, 0.4) is 0 Å². The maximum absolute atomic E-state index is 14.1. The minimum atomic E-state index is -0.568. The third-order valence-corrected chi connectivity index (χ3v) is 4.75. The van der Waals surface area contributed by atoms with Gasteiger partial charge in [0.25, 0.3) is 0 Å². The fourth-order valence-corrected chi connectivity index (χ4v) is 3.38. The van der Waals surface area contributed by atoms with Crippen LogP contribution in [0.15, 0.2) is 36.5 Å². The number of methoxy groups -OCH3 is 2. The molecule has 9 nitrogen and oxygen atoms in total. The Morgan fingerprint density at radius 1 is 1.19 bits per heavy atom. The number of anilines is 2. The van der Waals surface area contributed by atoms with Gasteiger partial charge >= 0.3 is 12.1 Å². The smallest absolute Gasteiger partial charge is 0.409 e. The number of aryl methyl sites for hydroxylation is 1. The van der Waals surface area contributed by atoms with Crippen LogP contribution in [0.2, 0.25) is 0 Å². The predicted molar refractivity (Wildman–Crippen MR) is 112 cm³/mol. The summed E-state index contributed by atoms with van der Waals surface area (Å²) in [6, 6.07) is 6.65. The molecule has 0 saturated carbocycles. The molecule has 0 aliphatic carbocycles. The lowest BCUT2D eigenvalue weighted by Gasteiger charge is -2.21. The van der Waals surface area contributed by atoms with Gasteiger partial charge in [0.05, 0.1) is 38.2 Å². The van der Waals surface area contributed by atoms with Crippen LogP contribution in [0.1, 0.15) is 12.1 Å². The molecule has 1 fully saturated rings. The molecule has 2 N–H and O–H groups in total. The lowest BCUT2D eigenvalue weighted by Crippen LogP contribution is -2.38. The van der Waals surface area contributed by atoms with E-state index in [4.69, 9.17) is 14.2 Å². The van der Waals surface area contributed by atoms with Gasteiger partial charge in [-0.2, -0.15) is 0 Å². The molecule has 0 spiro atoms. The first-order valence-corrected chi connectivity index (χ1v) is 9.69. The number of carbonyl (C=O) groups is 2. The van der Waals surface area contributed by atoms with E-state index in [2.05, 4.69) is 15.6 Å². The molecule has 0 unspecified atom stereocenters. The van der Waals surface area contributed by atoms with Crippen LogP contribution in [0, 0.1) is 12.7 Å². The van der Waals surface area contributed by atoms with Crippen LogP contribution < -0.4 is 15.4 Å². The second-order valence-corrected chi connectivity index (χ2v) is 7.15. The highest BCUT2D eigenvalue weighted by Crippen LogP contribution is 2.27. The summed E-state index contributed by atoms with van der Waals surface area (Å²) in [7, 11) is 2.86. The summed E-state index contributed by atoms with van der Waals surface area (Å²) in [5, 5.41) is 5.20. The van der Waals surface area contributed by atoms with Gasteiger partial charge in [0.15, 0.2) is 0 Å². The molecule has 2 aromatic rings. The van der Waals surface area contributed by atoms with Gasteiger partial charge in [-0.1, -0.05) is 0 Å². The SMILES string of the molecule is COC[C@H]1C[C@@H](Oc2cc(F)cc(NC(=O)Nc3ccc(C)nc3)c2)CN1C(=O)OC. The molecular weight excluding hydrogens is 407 g/mol. The van der Waals surface area contributed by atoms with Crippen LogP contribution >= 0.6 is 0 Å². The summed E-state index contributed by atoms with van der Waals surface area (Å²) in [4.78, 5) is 29.8. The van der Waals surface area contributed by atoms with E-state index in [0.29, 0.717) is 18.7 Å². The topological polar surface area (TPSA) is 102 Å². The Labute approximate surface area is 179 Å². The molecule has 1 aliphatic rings. The van der Waals surface area contributed by atoms with E-state index < -0.39 is 17.9 Å². The number of rotatable bonds is 6. The molecule has 3 amide bonds. The van der Waals surface area contributed by atoms with Crippen molar-refractivity contribution in [3.05, 3.63) is 48.0 Å². The standard InChI is InChI=1S/C21H25FN4O5/c1-13-4-5-15(10-23-13)24-20(27)25-16-6-14(22)7-18(8-16)31-19-9-17(12-29-2)26(11-19)21(28)30-3/h4-8,10,17,19H,9,11-12H2,1-3H3,(H2,24,25,27)/t17-,19-/m1/s1. The number of nitrogens with one attached hydrogen (secondary N) is 2. The Morgan fingerprint density at radius 3 is 2.65 bits per heavy atom. The van der Waals surface area contributed by atoms with Crippen molar-refractivity contribution in [3.63, 3.8) is 0 Å². The summed E-state index contributed by atoms with van der Waals surface area (Å²) in [6.45, 7) is 2.45. The Balaban J connectivity index is 1.64. The summed E-state index contributed by atoms with van der Waals surface area (Å²) >= 11 is 0. The first-order valence-electron chi connectivity index (χ1n) is 9.69. The Morgan fingerprint density at radius 2 is 1.97 bits per heavy atom. The molecule has 0 bridgehead atoms. The van der Waals surface area contributed by atoms with E-state index in [1.165, 1.54) is 36.4 Å². The van der Waals surface area contributed by atoms with Gasteiger partial charge in [-0.05, 0) is 25.1 Å². The molecule has 1 aromatic heterocycles. The molecule has 166 valence electrons. The van der Waals surface area contributed by atoms with Crippen LogP contribution in [0.5, 0.6) is 5.75 Å². The molecule has 10 heteroatoms. The van der Waals surface area contributed by atoms with Crippen molar-refractivity contribution in [2.24, 2.45) is 0 Å². The average Bonchev–Trinajstić information content (AvgIpc) is 3.11. The van der Waals surface area contributed by atoms with E-state index >= 15 is 0 Å². The molecular formula is C21H25FN4O5. The molecule has 31 heavy (non-hydrogen) atoms. The predicted octanol–water partition coefficient (Wildman–Crippen LogP) is 3.41. The fraction of sp³-hybridized carbons (Fsp3) is 0.381. The number of amides is 3. The van der Waals surface area contributed by atoms with Crippen molar-refractivity contribution in [1.29, 1.82) is 0 Å². The van der Waals surface area contributed by atoms with Gasteiger partial charge < -0.3 is 24.8 Å². The van der Waals surface area contributed by atoms with Crippen LogP contribution in [0.4, 0.5) is 25.4 Å². The van der Waals surface area contributed by atoms with Crippen molar-refractivity contribution in [2.75, 3.05) is 38.0 Å². The van der Waals surface area contributed by atoms with Crippen molar-refractivity contribution >= 4 is 23.5 Å². The molecule has 1 saturated heterocycles. The molecule has 3 rings (SSSR count). The number of hydrogen-bond acceptors (Lipinski definition) is 6. The highest BCUT2D eigenvalue weighted by molar-refractivity contribution is 5.99. The molecule has 1 aromatic carbocycles. The van der Waals surface area contributed by atoms with Gasteiger partial charge in [0.1, 0.15) is 17.7 Å². The second kappa shape index (κ2) is 10.1. The van der Waals surface area contributed by atoms with Gasteiger partial charge in [0, 0.05) is 37.0 Å². The third kappa shape index (κ3) is 6.05. The normalized spacial score (nSPS) is 17.9. The van der Waals surface area contributed by atoms with E-state index in [9.17, 15) is 14.0 Å². The minimum absolute atomic E-state index is 0.206. The van der Waals surface area contributed by atoms with Gasteiger partial charge in [0.2, 0.25) is 0 Å². The molecule has 0 radical (unpaired) electrons. The van der Waals surface area contributed by atoms with Gasteiger partial charge in [-0.3, -0.25) is 9.88 Å². The van der Waals surface area contributed by atoms with Crippen LogP contribution in [0.25, 0.3) is 0 Å². The summed E-state index contributed by atoms with van der Waals surface area (Å²) in [5.74, 6) is -0.332. The van der Waals surface area contributed by atoms with Gasteiger partial charge in [-0.15, -0.1) is 0 Å². The Kier molecular flexibility index (Phi) is 7.24. The van der Waals surface area contributed by atoms with Crippen molar-refractivity contribution in [1.82, 2.24) is 9.88 Å². The summed E-state index contributed by atoms with van der Waals surface area (Å²) in [6.07, 6.45) is 1.18. The van der Waals surface area contributed by atoms with Crippen LogP contribution in [-0.4, -0.2) is 61.5 Å².